The molecule has 0 aliphatic heterocycles. The number of rotatable bonds is 1. The van der Waals surface area contributed by atoms with Crippen LogP contribution in [0.5, 0.6) is 0 Å². The van der Waals surface area contributed by atoms with Gasteiger partial charge in [0, 0.05) is 20.9 Å². The number of hydrogen-bond acceptors (Lipinski definition) is 4. The summed E-state index contributed by atoms with van der Waals surface area (Å²) in [6, 6.07) is 4.83. The molecule has 0 bridgehead atoms. The highest BCUT2D eigenvalue weighted by atomic mass is 79.9. The number of halogens is 1. The summed E-state index contributed by atoms with van der Waals surface area (Å²) in [5, 5.41) is 6.16. The molecule has 2 aromatic rings. The Balaban J connectivity index is 2.55. The monoisotopic (exact) mass is 356 g/mol. The van der Waals surface area contributed by atoms with Crippen LogP contribution < -0.4 is 5.32 Å². The summed E-state index contributed by atoms with van der Waals surface area (Å²) in [7, 11) is 0. The third-order valence-corrected chi connectivity index (χ3v) is 3.03. The quantitative estimate of drug-likeness (QED) is 0.852. The standard InChI is InChI=1S/C14H16BrN3O3/c1-14(2,3)21-13(20)18-10-7-8(15)5-6-9(10)11(17-18)12(19)16-4/h5-7H,1-4H3,(H,16,19)/i4D3. The maximum atomic E-state index is 12.3. The van der Waals surface area contributed by atoms with Gasteiger partial charge in [-0.2, -0.15) is 9.78 Å². The third kappa shape index (κ3) is 3.24. The van der Waals surface area contributed by atoms with E-state index in [0.29, 0.717) is 15.4 Å². The molecule has 1 heterocycles. The van der Waals surface area contributed by atoms with Crippen LogP contribution >= 0.6 is 15.9 Å². The van der Waals surface area contributed by atoms with Crippen LogP contribution in [0.15, 0.2) is 22.7 Å². The molecule has 0 aliphatic carbocycles. The predicted molar refractivity (Wildman–Crippen MR) is 82.5 cm³/mol. The Morgan fingerprint density at radius 2 is 2.14 bits per heavy atom. The van der Waals surface area contributed by atoms with Crippen LogP contribution in [0.4, 0.5) is 4.79 Å². The molecule has 0 aliphatic rings. The van der Waals surface area contributed by atoms with E-state index >= 15 is 0 Å². The molecule has 0 radical (unpaired) electrons. The molecule has 0 unspecified atom stereocenters. The SMILES string of the molecule is [2H]C([2H])([2H])NC(=O)c1nn(C(=O)OC(C)(C)C)c2cc(Br)ccc12. The number of fused-ring (bicyclic) bond motifs is 1. The Labute approximate surface area is 134 Å². The first kappa shape index (κ1) is 11.7. The highest BCUT2D eigenvalue weighted by Gasteiger charge is 2.24. The van der Waals surface area contributed by atoms with E-state index in [9.17, 15) is 9.59 Å². The zero-order chi connectivity index (χ0) is 18.3. The van der Waals surface area contributed by atoms with Crippen molar-refractivity contribution in [2.45, 2.75) is 26.4 Å². The molecule has 0 atom stereocenters. The van der Waals surface area contributed by atoms with Crippen LogP contribution in [0, 0.1) is 0 Å². The Morgan fingerprint density at radius 3 is 2.76 bits per heavy atom. The number of carbonyl (C=O) groups is 2. The zero-order valence-corrected chi connectivity index (χ0v) is 13.3. The van der Waals surface area contributed by atoms with E-state index < -0.39 is 24.6 Å². The topological polar surface area (TPSA) is 73.2 Å². The van der Waals surface area contributed by atoms with Crippen molar-refractivity contribution in [2.24, 2.45) is 0 Å². The van der Waals surface area contributed by atoms with Crippen molar-refractivity contribution >= 4 is 38.8 Å². The summed E-state index contributed by atoms with van der Waals surface area (Å²) in [6.07, 6.45) is -0.765. The lowest BCUT2D eigenvalue weighted by Gasteiger charge is -2.19. The molecule has 0 fully saturated rings. The molecule has 7 heteroatoms. The van der Waals surface area contributed by atoms with Crippen molar-refractivity contribution in [1.82, 2.24) is 15.1 Å². The molecule has 21 heavy (non-hydrogen) atoms. The van der Waals surface area contributed by atoms with E-state index in [-0.39, 0.29) is 5.69 Å². The molecule has 0 saturated heterocycles. The molecule has 1 aromatic heterocycles. The molecule has 1 aromatic carbocycles. The number of nitrogens with zero attached hydrogens (tertiary/aromatic N) is 2. The second-order valence-corrected chi connectivity index (χ2v) is 6.27. The van der Waals surface area contributed by atoms with Crippen molar-refractivity contribution < 1.29 is 18.4 Å². The van der Waals surface area contributed by atoms with Crippen LogP contribution in [-0.2, 0) is 4.74 Å². The number of hydrogen-bond donors (Lipinski definition) is 1. The van der Waals surface area contributed by atoms with E-state index in [1.165, 1.54) is 0 Å². The molecule has 0 saturated carbocycles. The number of ether oxygens (including phenoxy) is 1. The van der Waals surface area contributed by atoms with Crippen molar-refractivity contribution in [3.8, 4) is 0 Å². The molecular formula is C14H16BrN3O3. The Kier molecular flexibility index (Phi) is 3.06. The maximum Gasteiger partial charge on any atom is 0.435 e. The minimum absolute atomic E-state index is 0.167. The molecule has 1 amide bonds. The first-order valence-electron chi connectivity index (χ1n) is 7.61. The number of benzene rings is 1. The minimum Gasteiger partial charge on any atom is -0.442 e. The van der Waals surface area contributed by atoms with Crippen LogP contribution in [0.3, 0.4) is 0 Å². The van der Waals surface area contributed by atoms with Crippen molar-refractivity contribution in [2.75, 3.05) is 6.98 Å². The van der Waals surface area contributed by atoms with Gasteiger partial charge in [-0.3, -0.25) is 4.79 Å². The second-order valence-electron chi connectivity index (χ2n) is 5.36. The van der Waals surface area contributed by atoms with E-state index in [1.54, 1.807) is 39.0 Å². The fourth-order valence-corrected chi connectivity index (χ4v) is 2.11. The normalized spacial score (nSPS) is 14.2. The van der Waals surface area contributed by atoms with E-state index in [2.05, 4.69) is 21.0 Å². The van der Waals surface area contributed by atoms with Gasteiger partial charge in [-0.1, -0.05) is 15.9 Å². The van der Waals surface area contributed by atoms with E-state index in [4.69, 9.17) is 8.85 Å². The summed E-state index contributed by atoms with van der Waals surface area (Å²) >= 11 is 3.29. The van der Waals surface area contributed by atoms with Gasteiger partial charge < -0.3 is 10.1 Å². The van der Waals surface area contributed by atoms with E-state index in [0.717, 1.165) is 4.68 Å². The second kappa shape index (κ2) is 5.48. The molecular weight excluding hydrogens is 338 g/mol. The van der Waals surface area contributed by atoms with Crippen LogP contribution in [-0.4, -0.2) is 34.4 Å². The molecule has 0 spiro atoms. The van der Waals surface area contributed by atoms with Gasteiger partial charge in [0.15, 0.2) is 5.69 Å². The number of amides is 1. The summed E-state index contributed by atoms with van der Waals surface area (Å²) in [5.41, 5.74) is -0.587. The average Bonchev–Trinajstić information content (AvgIpc) is 2.73. The van der Waals surface area contributed by atoms with Crippen molar-refractivity contribution in [3.63, 3.8) is 0 Å². The number of aromatic nitrogens is 2. The maximum absolute atomic E-state index is 12.3. The highest BCUT2D eigenvalue weighted by Crippen LogP contribution is 2.24. The molecule has 2 rings (SSSR count). The van der Waals surface area contributed by atoms with Gasteiger partial charge in [0.2, 0.25) is 0 Å². The van der Waals surface area contributed by atoms with Gasteiger partial charge in [-0.05, 0) is 39.0 Å². The Hall–Kier alpha value is -1.89. The number of nitrogens with one attached hydrogen (secondary N) is 1. The lowest BCUT2D eigenvalue weighted by atomic mass is 10.2. The third-order valence-electron chi connectivity index (χ3n) is 2.54. The Morgan fingerprint density at radius 1 is 1.43 bits per heavy atom. The summed E-state index contributed by atoms with van der Waals surface area (Å²) < 4.78 is 28.3. The largest absolute Gasteiger partial charge is 0.442 e. The summed E-state index contributed by atoms with van der Waals surface area (Å²) in [6.45, 7) is 2.45. The van der Waals surface area contributed by atoms with Gasteiger partial charge in [0.05, 0.1) is 5.52 Å². The molecule has 1 N–H and O–H groups in total. The zero-order valence-electron chi connectivity index (χ0n) is 14.7. The fourth-order valence-electron chi connectivity index (χ4n) is 1.76. The fraction of sp³-hybridized carbons (Fsp3) is 0.357. The average molecular weight is 357 g/mol. The lowest BCUT2D eigenvalue weighted by molar-refractivity contribution is 0.0522. The Bertz CT molecular complexity index is 809. The van der Waals surface area contributed by atoms with Crippen molar-refractivity contribution in [3.05, 3.63) is 28.4 Å². The highest BCUT2D eigenvalue weighted by molar-refractivity contribution is 9.10. The molecule has 112 valence electrons. The van der Waals surface area contributed by atoms with Gasteiger partial charge in [0.1, 0.15) is 5.60 Å². The lowest BCUT2D eigenvalue weighted by Crippen LogP contribution is -2.28. The van der Waals surface area contributed by atoms with Crippen LogP contribution in [0.1, 0.15) is 35.4 Å². The van der Waals surface area contributed by atoms with E-state index in [1.807, 2.05) is 5.32 Å². The number of carbonyl (C=O) groups excluding carboxylic acids is 2. The van der Waals surface area contributed by atoms with Gasteiger partial charge in [-0.15, -0.1) is 0 Å². The minimum atomic E-state index is -2.66. The van der Waals surface area contributed by atoms with Crippen molar-refractivity contribution in [1.29, 1.82) is 0 Å². The van der Waals surface area contributed by atoms with Crippen LogP contribution in [0.2, 0.25) is 0 Å². The smallest absolute Gasteiger partial charge is 0.435 e. The summed E-state index contributed by atoms with van der Waals surface area (Å²) in [5.74, 6) is -0.898. The van der Waals surface area contributed by atoms with Gasteiger partial charge >= 0.3 is 6.09 Å². The molecule has 6 nitrogen and oxygen atoms in total. The van der Waals surface area contributed by atoms with Crippen LogP contribution in [0.25, 0.3) is 10.9 Å². The summed E-state index contributed by atoms with van der Waals surface area (Å²) in [4.78, 5) is 24.5. The van der Waals surface area contributed by atoms with Gasteiger partial charge in [-0.25, -0.2) is 4.79 Å². The predicted octanol–water partition coefficient (Wildman–Crippen LogP) is 2.94. The van der Waals surface area contributed by atoms with Gasteiger partial charge in [0.25, 0.3) is 5.91 Å². The first-order valence-corrected chi connectivity index (χ1v) is 6.91. The first-order chi connectivity index (χ1) is 10.9.